The first-order valence-corrected chi connectivity index (χ1v) is 28.4. The Balaban J connectivity index is 1.95. The van der Waals surface area contributed by atoms with Crippen molar-refractivity contribution in [3.8, 4) is 22.6 Å². The van der Waals surface area contributed by atoms with Crippen molar-refractivity contribution < 1.29 is 70.5 Å². The largest absolute Gasteiger partial charge is 0.491 e. The molecule has 4 atom stereocenters. The summed E-state index contributed by atoms with van der Waals surface area (Å²) in [4.78, 5) is 112. The van der Waals surface area contributed by atoms with Crippen molar-refractivity contribution in [1.82, 2.24) is 26.2 Å². The van der Waals surface area contributed by atoms with E-state index in [1.807, 2.05) is 13.0 Å². The molecule has 0 saturated carbocycles. The number of aryl methyl sites for hydroxylation is 2. The zero-order chi connectivity index (χ0) is 59.2. The van der Waals surface area contributed by atoms with Crippen LogP contribution in [0.25, 0.3) is 11.1 Å². The smallest absolute Gasteiger partial charge is 0.407 e. The topological polar surface area (TPSA) is 268 Å². The van der Waals surface area contributed by atoms with Gasteiger partial charge in [0.05, 0.1) is 19.1 Å². The number of ketones is 3. The average Bonchev–Trinajstić information content (AvgIpc) is 3.37. The second-order valence-electron chi connectivity index (χ2n) is 22.7. The number of nitrogens with zero attached hydrogens (tertiary/aromatic N) is 1. The standard InChI is InChI=1S/C57H78ClN5O15S/c1-34-14-17-40(35(2)26-34)44(64)31-39(20-21-59-52(69)76-55(4,5)6)51(68)63(13)49-38-16-19-48(75-25-23-61-54(71)78-57(10,11)12)42(30-38)41-28-37(15-18-47(41)74-24-22-60-53(70)77-56(7,8)9)29-43(46(66)32-79(72,73)33-58)62-50(67)36(3)27-45(49)65/h14-19,26,28,30,36,39,43,49H,20-25,27,29,31-33H2,1-13H3,(H,59,69)(H,60,70)(H,61,71)(H,62,67)/t36-,39-,43+,49+/m1/s1. The molecule has 1 aliphatic rings. The number of alkyl carbamates (subject to hydrolysis) is 3. The van der Waals surface area contributed by atoms with E-state index >= 15 is 9.59 Å². The molecule has 1 heterocycles. The van der Waals surface area contributed by atoms with Gasteiger partial charge in [-0.25, -0.2) is 22.8 Å². The number of fused-ring (bicyclic) bond motifs is 5. The quantitative estimate of drug-likeness (QED) is 0.0362. The Bertz CT molecular complexity index is 2840. The number of ether oxygens (including phenoxy) is 5. The fourth-order valence-corrected chi connectivity index (χ4v) is 9.43. The van der Waals surface area contributed by atoms with Crippen LogP contribution < -0.4 is 30.7 Å². The van der Waals surface area contributed by atoms with Crippen LogP contribution in [0.5, 0.6) is 11.5 Å². The predicted molar refractivity (Wildman–Crippen MR) is 298 cm³/mol. The fraction of sp³-hybridized carbons (Fsp3) is 0.544. The Morgan fingerprint density at radius 3 is 1.76 bits per heavy atom. The Morgan fingerprint density at radius 2 is 1.24 bits per heavy atom. The minimum Gasteiger partial charge on any atom is -0.491 e. The van der Waals surface area contributed by atoms with Crippen LogP contribution >= 0.6 is 11.6 Å². The van der Waals surface area contributed by atoms with E-state index < -0.39 is 110 Å². The third kappa shape index (κ3) is 21.1. The van der Waals surface area contributed by atoms with Gasteiger partial charge in [-0.1, -0.05) is 42.8 Å². The minimum atomic E-state index is -4.10. The number of carbonyl (C=O) groups excluding carboxylic acids is 8. The summed E-state index contributed by atoms with van der Waals surface area (Å²) in [6.45, 7) is 20.2. The molecule has 434 valence electrons. The molecule has 22 heteroatoms. The maximum atomic E-state index is 15.2. The van der Waals surface area contributed by atoms with E-state index in [1.165, 1.54) is 18.9 Å². The van der Waals surface area contributed by atoms with Crippen LogP contribution in [0, 0.1) is 25.7 Å². The first kappa shape index (κ1) is 64.8. The van der Waals surface area contributed by atoms with Crippen LogP contribution in [0.4, 0.5) is 14.4 Å². The predicted octanol–water partition coefficient (Wildman–Crippen LogP) is 7.90. The first-order valence-electron chi connectivity index (χ1n) is 26.1. The number of nitrogens with one attached hydrogen (secondary N) is 4. The number of benzene rings is 3. The number of amides is 5. The number of rotatable bonds is 20. The van der Waals surface area contributed by atoms with E-state index in [4.69, 9.17) is 35.3 Å². The second-order valence-corrected chi connectivity index (χ2v) is 25.3. The third-order valence-corrected chi connectivity index (χ3v) is 14.1. The fourth-order valence-electron chi connectivity index (χ4n) is 8.48. The minimum absolute atomic E-state index is 0.0183. The van der Waals surface area contributed by atoms with Crippen LogP contribution in [0.15, 0.2) is 54.6 Å². The lowest BCUT2D eigenvalue weighted by molar-refractivity contribution is -0.142. The number of alkyl halides is 1. The Kier molecular flexibility index (Phi) is 22.9. The molecule has 0 spiro atoms. The van der Waals surface area contributed by atoms with Crippen molar-refractivity contribution in [2.24, 2.45) is 11.8 Å². The van der Waals surface area contributed by atoms with E-state index in [9.17, 15) is 37.2 Å². The number of hydrogen-bond acceptors (Lipinski definition) is 15. The molecule has 79 heavy (non-hydrogen) atoms. The molecule has 5 amide bonds. The summed E-state index contributed by atoms with van der Waals surface area (Å²) in [6.07, 6.45) is -3.21. The van der Waals surface area contributed by atoms with Gasteiger partial charge in [-0.05, 0) is 130 Å². The van der Waals surface area contributed by atoms with Gasteiger partial charge in [-0.3, -0.25) is 24.0 Å². The lowest BCUT2D eigenvalue weighted by Gasteiger charge is -2.32. The highest BCUT2D eigenvalue weighted by molar-refractivity contribution is 7.93. The van der Waals surface area contributed by atoms with Gasteiger partial charge >= 0.3 is 18.3 Å². The number of Topliss-reactive ketones (excluding diaryl/α,β-unsaturated/α-hetero) is 3. The van der Waals surface area contributed by atoms with Crippen molar-refractivity contribution >= 4 is 68.9 Å². The highest BCUT2D eigenvalue weighted by Gasteiger charge is 2.37. The zero-order valence-corrected chi connectivity index (χ0v) is 49.2. The normalized spacial score (nSPS) is 16.5. The summed E-state index contributed by atoms with van der Waals surface area (Å²) >= 11 is 5.71. The van der Waals surface area contributed by atoms with Gasteiger partial charge < -0.3 is 49.9 Å². The van der Waals surface area contributed by atoms with E-state index in [0.29, 0.717) is 22.3 Å². The van der Waals surface area contributed by atoms with Gasteiger partial charge in [-0.15, -0.1) is 11.6 Å². The summed E-state index contributed by atoms with van der Waals surface area (Å²) < 4.78 is 54.3. The molecule has 0 unspecified atom stereocenters. The molecule has 4 bridgehead atoms. The molecule has 0 aromatic heterocycles. The Labute approximate surface area is 469 Å². The monoisotopic (exact) mass is 1140 g/mol. The average molecular weight is 1140 g/mol. The molecular weight excluding hydrogens is 1060 g/mol. The Hall–Kier alpha value is -6.74. The van der Waals surface area contributed by atoms with E-state index in [2.05, 4.69) is 21.3 Å². The van der Waals surface area contributed by atoms with E-state index in [0.717, 1.165) is 5.56 Å². The van der Waals surface area contributed by atoms with Crippen LogP contribution in [0.2, 0.25) is 0 Å². The molecule has 4 N–H and O–H groups in total. The Morgan fingerprint density at radius 1 is 0.722 bits per heavy atom. The van der Waals surface area contributed by atoms with Crippen molar-refractivity contribution in [2.45, 2.75) is 138 Å². The van der Waals surface area contributed by atoms with E-state index in [1.54, 1.807) is 118 Å². The maximum Gasteiger partial charge on any atom is 0.407 e. The molecule has 0 radical (unpaired) electrons. The summed E-state index contributed by atoms with van der Waals surface area (Å²) in [7, 11) is -2.70. The molecule has 1 aliphatic heterocycles. The molecule has 0 fully saturated rings. The van der Waals surface area contributed by atoms with Gasteiger partial charge in [0.25, 0.3) is 0 Å². The molecule has 0 saturated heterocycles. The van der Waals surface area contributed by atoms with Gasteiger partial charge in [0.2, 0.25) is 11.8 Å². The number of carbonyl (C=O) groups is 8. The zero-order valence-electron chi connectivity index (χ0n) is 47.6. The van der Waals surface area contributed by atoms with Gasteiger partial charge in [0, 0.05) is 55.0 Å². The van der Waals surface area contributed by atoms with Crippen LogP contribution in [-0.2, 0) is 49.6 Å². The first-order chi connectivity index (χ1) is 36.7. The third-order valence-electron chi connectivity index (χ3n) is 12.0. The molecule has 4 rings (SSSR count). The SMILES string of the molecule is Cc1ccc(C(=O)C[C@@H](CCNC(=O)OC(C)(C)C)C(=O)N(C)[C@@H]2C(=O)C[C@@H](C)C(=O)N[C@H](C(=O)CS(=O)(=O)CCl)Cc3ccc(OCCNC(=O)OC(C)(C)C)c(c3)-c3cc2ccc3OCCNC(=O)OC(C)(C)C)c(C)c1. The molecule has 0 aliphatic carbocycles. The van der Waals surface area contributed by atoms with Crippen LogP contribution in [0.3, 0.4) is 0 Å². The lowest BCUT2D eigenvalue weighted by atomic mass is 9.88. The summed E-state index contributed by atoms with van der Waals surface area (Å²) in [5.74, 6) is -6.11. The summed E-state index contributed by atoms with van der Waals surface area (Å²) in [5, 5.41) is 9.78. The summed E-state index contributed by atoms with van der Waals surface area (Å²) in [5.41, 5.74) is 0.861. The number of likely N-dealkylation sites (N-methyl/N-ethyl adjacent to an activating group) is 1. The van der Waals surface area contributed by atoms with E-state index in [-0.39, 0.29) is 80.5 Å². The molecule has 20 nitrogen and oxygen atoms in total. The second kappa shape index (κ2) is 27.9. The molecule has 3 aromatic rings. The van der Waals surface area contributed by atoms with Crippen molar-refractivity contribution in [3.63, 3.8) is 0 Å². The summed E-state index contributed by atoms with van der Waals surface area (Å²) in [6, 6.07) is 12.0. The molecular formula is C57H78ClN5O15S. The van der Waals surface area contributed by atoms with Crippen molar-refractivity contribution in [2.75, 3.05) is 50.9 Å². The number of hydrogen-bond donors (Lipinski definition) is 4. The lowest BCUT2D eigenvalue weighted by Crippen LogP contribution is -2.47. The van der Waals surface area contributed by atoms with Crippen LogP contribution in [0.1, 0.15) is 127 Å². The highest BCUT2D eigenvalue weighted by atomic mass is 35.5. The van der Waals surface area contributed by atoms with Gasteiger partial charge in [0.15, 0.2) is 27.2 Å². The molecule has 3 aromatic carbocycles. The van der Waals surface area contributed by atoms with Crippen LogP contribution in [-0.4, -0.2) is 134 Å². The maximum absolute atomic E-state index is 15.2. The van der Waals surface area contributed by atoms with Gasteiger partial charge in [-0.2, -0.15) is 0 Å². The highest BCUT2D eigenvalue weighted by Crippen LogP contribution is 2.41. The number of sulfone groups is 1. The number of halogens is 1. The van der Waals surface area contributed by atoms with Crippen molar-refractivity contribution in [1.29, 1.82) is 0 Å². The van der Waals surface area contributed by atoms with Gasteiger partial charge in [0.1, 0.15) is 58.5 Å². The van der Waals surface area contributed by atoms with Crippen molar-refractivity contribution in [3.05, 3.63) is 82.4 Å².